The van der Waals surface area contributed by atoms with Crippen molar-refractivity contribution in [3.05, 3.63) is 87.5 Å². The topological polar surface area (TPSA) is 71.0 Å². The van der Waals surface area contributed by atoms with Crippen molar-refractivity contribution in [3.8, 4) is 0 Å². The molecule has 0 radical (unpaired) electrons. The van der Waals surface area contributed by atoms with Gasteiger partial charge >= 0.3 is 5.97 Å². The van der Waals surface area contributed by atoms with Gasteiger partial charge in [0.15, 0.2) is 5.17 Å². The Kier molecular flexibility index (Phi) is 7.22. The molecule has 2 aromatic carbocycles. The van der Waals surface area contributed by atoms with Crippen LogP contribution in [0.3, 0.4) is 0 Å². The fourth-order valence-electron chi connectivity index (χ4n) is 4.26. The Labute approximate surface area is 204 Å². The number of ether oxygens (including phenoxy) is 1. The molecule has 34 heavy (non-hydrogen) atoms. The smallest absolute Gasteiger partial charge is 0.338 e. The van der Waals surface area contributed by atoms with Gasteiger partial charge in [0, 0.05) is 17.8 Å². The van der Waals surface area contributed by atoms with Crippen LogP contribution in [0.4, 0.5) is 0 Å². The second-order valence-corrected chi connectivity index (χ2v) is 9.07. The summed E-state index contributed by atoms with van der Waals surface area (Å²) in [7, 11) is 0. The van der Waals surface area contributed by atoms with Gasteiger partial charge in [0.25, 0.3) is 0 Å². The summed E-state index contributed by atoms with van der Waals surface area (Å²) in [6, 6.07) is 15.5. The van der Waals surface area contributed by atoms with Crippen LogP contribution in [-0.2, 0) is 14.3 Å². The highest BCUT2D eigenvalue weighted by Gasteiger charge is 2.42. The Morgan fingerprint density at radius 1 is 1.12 bits per heavy atom. The first-order valence-corrected chi connectivity index (χ1v) is 12.4. The van der Waals surface area contributed by atoms with Crippen molar-refractivity contribution in [1.29, 1.82) is 0 Å². The predicted molar refractivity (Wildman–Crippen MR) is 137 cm³/mol. The molecule has 0 fully saturated rings. The molecule has 0 aliphatic carbocycles. The Hall–Kier alpha value is -3.32. The van der Waals surface area contributed by atoms with Crippen LogP contribution in [0, 0.1) is 13.8 Å². The van der Waals surface area contributed by atoms with E-state index in [1.54, 1.807) is 6.92 Å². The number of esters is 1. The highest BCUT2D eigenvalue weighted by molar-refractivity contribution is 8.16. The van der Waals surface area contributed by atoms with E-state index in [1.165, 1.54) is 11.8 Å². The van der Waals surface area contributed by atoms with Crippen LogP contribution in [0.5, 0.6) is 0 Å². The largest absolute Gasteiger partial charge is 0.463 e. The zero-order valence-electron chi connectivity index (χ0n) is 19.9. The average molecular weight is 476 g/mol. The van der Waals surface area contributed by atoms with Gasteiger partial charge in [-0.2, -0.15) is 0 Å². The first kappa shape index (κ1) is 23.8. The van der Waals surface area contributed by atoms with Crippen LogP contribution in [-0.4, -0.2) is 35.1 Å². The fraction of sp³-hybridized carbons (Fsp3) is 0.296. The van der Waals surface area contributed by atoms with Crippen molar-refractivity contribution < 1.29 is 14.3 Å². The number of amidine groups is 1. The normalized spacial score (nSPS) is 17.2. The van der Waals surface area contributed by atoms with E-state index >= 15 is 0 Å². The third-order valence-electron chi connectivity index (χ3n) is 5.80. The summed E-state index contributed by atoms with van der Waals surface area (Å²) in [6.07, 6.45) is 0.206. The number of amides is 1. The van der Waals surface area contributed by atoms with Gasteiger partial charge in [-0.3, -0.25) is 4.79 Å². The summed E-state index contributed by atoms with van der Waals surface area (Å²) in [6.45, 7) is 8.61. The van der Waals surface area contributed by atoms with E-state index in [1.807, 2.05) is 61.4 Å². The second-order valence-electron chi connectivity index (χ2n) is 8.23. The summed E-state index contributed by atoms with van der Waals surface area (Å²) in [5.74, 6) is -0.463. The lowest BCUT2D eigenvalue weighted by atomic mass is 9.88. The fourth-order valence-corrected chi connectivity index (χ4v) is 5.18. The SMILES string of the molecule is CCNC(=O)CC1=CSC2=NC(c3ccccc3)=C(C(=O)OCC)C(c3cc(C)ccc3C)N12. The minimum absolute atomic E-state index is 0.0640. The molecule has 0 saturated heterocycles. The van der Waals surface area contributed by atoms with E-state index < -0.39 is 12.0 Å². The summed E-state index contributed by atoms with van der Waals surface area (Å²) in [5.41, 5.74) is 5.90. The van der Waals surface area contributed by atoms with Crippen molar-refractivity contribution in [3.63, 3.8) is 0 Å². The maximum atomic E-state index is 13.5. The van der Waals surface area contributed by atoms with Gasteiger partial charge < -0.3 is 15.0 Å². The highest BCUT2D eigenvalue weighted by Crippen LogP contribution is 2.47. The van der Waals surface area contributed by atoms with E-state index in [4.69, 9.17) is 9.73 Å². The average Bonchev–Trinajstić information content (AvgIpc) is 3.22. The molecule has 0 spiro atoms. The number of thioether (sulfide) groups is 1. The molecule has 7 heteroatoms. The number of aliphatic imine (C=N–C) groups is 1. The third kappa shape index (κ3) is 4.66. The van der Waals surface area contributed by atoms with Gasteiger partial charge in [-0.15, -0.1) is 0 Å². The number of nitrogens with zero attached hydrogens (tertiary/aromatic N) is 2. The molecule has 2 aliphatic rings. The quantitative estimate of drug-likeness (QED) is 0.564. The molecule has 4 rings (SSSR count). The number of hydrogen-bond donors (Lipinski definition) is 1. The molecule has 0 bridgehead atoms. The Morgan fingerprint density at radius 3 is 2.59 bits per heavy atom. The number of nitrogens with one attached hydrogen (secondary N) is 1. The number of aryl methyl sites for hydroxylation is 2. The van der Waals surface area contributed by atoms with E-state index in [0.717, 1.165) is 33.1 Å². The van der Waals surface area contributed by atoms with Crippen molar-refractivity contribution in [1.82, 2.24) is 10.2 Å². The van der Waals surface area contributed by atoms with Crippen LogP contribution < -0.4 is 5.32 Å². The van der Waals surface area contributed by atoms with Crippen LogP contribution in [0.25, 0.3) is 5.70 Å². The zero-order valence-corrected chi connectivity index (χ0v) is 20.7. The number of rotatable bonds is 7. The molecule has 2 aliphatic heterocycles. The molecule has 1 N–H and O–H groups in total. The van der Waals surface area contributed by atoms with Gasteiger partial charge in [-0.25, -0.2) is 9.79 Å². The van der Waals surface area contributed by atoms with Gasteiger partial charge in [0.1, 0.15) is 0 Å². The molecular formula is C27H29N3O3S. The molecule has 2 aromatic rings. The van der Waals surface area contributed by atoms with Gasteiger partial charge in [0.2, 0.25) is 5.91 Å². The number of benzene rings is 2. The maximum absolute atomic E-state index is 13.5. The summed E-state index contributed by atoms with van der Waals surface area (Å²) < 4.78 is 5.56. The molecule has 1 unspecified atom stereocenters. The van der Waals surface area contributed by atoms with Crippen LogP contribution in [0.1, 0.15) is 48.6 Å². The zero-order chi connectivity index (χ0) is 24.2. The van der Waals surface area contributed by atoms with Gasteiger partial charge in [-0.1, -0.05) is 65.9 Å². The van der Waals surface area contributed by atoms with Crippen molar-refractivity contribution in [2.75, 3.05) is 13.2 Å². The minimum Gasteiger partial charge on any atom is -0.463 e. The molecule has 1 atom stereocenters. The standard InChI is InChI=1S/C27H29N3O3S/c1-5-28-22(31)15-20-16-34-27-29-24(19-10-8-7-9-11-19)23(26(32)33-6-2)25(30(20)27)21-14-17(3)12-13-18(21)4/h7-14,16,25H,5-6,15H2,1-4H3,(H,28,31). The third-order valence-corrected chi connectivity index (χ3v) is 6.69. The molecule has 176 valence electrons. The number of fused-ring (bicyclic) bond motifs is 1. The predicted octanol–water partition coefficient (Wildman–Crippen LogP) is 5.10. The van der Waals surface area contributed by atoms with Gasteiger partial charge in [-0.05, 0) is 44.2 Å². The molecule has 1 amide bonds. The number of carbonyl (C=O) groups is 2. The first-order valence-electron chi connectivity index (χ1n) is 11.5. The summed E-state index contributed by atoms with van der Waals surface area (Å²) in [5, 5.41) is 5.58. The minimum atomic E-state index is -0.461. The first-order chi connectivity index (χ1) is 16.4. The molecule has 2 heterocycles. The lowest BCUT2D eigenvalue weighted by Crippen LogP contribution is -2.38. The number of hydrogen-bond acceptors (Lipinski definition) is 6. The second kappa shape index (κ2) is 10.3. The number of carbonyl (C=O) groups excluding carboxylic acids is 2. The van der Waals surface area contributed by atoms with E-state index in [0.29, 0.717) is 17.8 Å². The summed E-state index contributed by atoms with van der Waals surface area (Å²) >= 11 is 1.48. The molecule has 6 nitrogen and oxygen atoms in total. The maximum Gasteiger partial charge on any atom is 0.338 e. The van der Waals surface area contributed by atoms with Crippen LogP contribution >= 0.6 is 11.8 Å². The van der Waals surface area contributed by atoms with Crippen molar-refractivity contribution in [2.45, 2.75) is 40.2 Å². The van der Waals surface area contributed by atoms with E-state index in [9.17, 15) is 9.59 Å². The van der Waals surface area contributed by atoms with E-state index in [-0.39, 0.29) is 18.9 Å². The Balaban J connectivity index is 1.94. The Morgan fingerprint density at radius 2 is 1.88 bits per heavy atom. The molecular weight excluding hydrogens is 446 g/mol. The highest BCUT2D eigenvalue weighted by atomic mass is 32.2. The Bertz CT molecular complexity index is 1200. The monoisotopic (exact) mass is 475 g/mol. The van der Waals surface area contributed by atoms with E-state index in [2.05, 4.69) is 23.5 Å². The molecule has 0 aromatic heterocycles. The van der Waals surface area contributed by atoms with Crippen molar-refractivity contribution in [2.24, 2.45) is 4.99 Å². The summed E-state index contributed by atoms with van der Waals surface area (Å²) in [4.78, 5) is 33.0. The van der Waals surface area contributed by atoms with Crippen LogP contribution in [0.2, 0.25) is 0 Å². The van der Waals surface area contributed by atoms with Crippen molar-refractivity contribution >= 4 is 34.5 Å². The molecule has 0 saturated carbocycles. The van der Waals surface area contributed by atoms with Gasteiger partial charge in [0.05, 0.1) is 30.3 Å². The lowest BCUT2D eigenvalue weighted by Gasteiger charge is -2.37. The lowest BCUT2D eigenvalue weighted by molar-refractivity contribution is -0.139. The van der Waals surface area contributed by atoms with Crippen LogP contribution in [0.15, 0.2) is 70.2 Å².